The van der Waals surface area contributed by atoms with Crippen LogP contribution in [-0.2, 0) is 16.0 Å². The zero-order valence-electron chi connectivity index (χ0n) is 15.8. The van der Waals surface area contributed by atoms with Gasteiger partial charge in [0, 0.05) is 23.0 Å². The summed E-state index contributed by atoms with van der Waals surface area (Å²) < 4.78 is 65.0. The van der Waals surface area contributed by atoms with Gasteiger partial charge < -0.3 is 0 Å². The van der Waals surface area contributed by atoms with E-state index in [-0.39, 0.29) is 27.8 Å². The summed E-state index contributed by atoms with van der Waals surface area (Å²) in [5.41, 5.74) is 1.31. The lowest BCUT2D eigenvalue weighted by Crippen LogP contribution is -2.08. The van der Waals surface area contributed by atoms with Crippen molar-refractivity contribution in [3.8, 4) is 22.5 Å². The van der Waals surface area contributed by atoms with E-state index in [4.69, 9.17) is 11.6 Å². The minimum atomic E-state index is -4.73. The predicted molar refractivity (Wildman–Crippen MR) is 107 cm³/mol. The number of fused-ring (bicyclic) bond motifs is 1. The molecule has 0 fully saturated rings. The molecule has 0 amide bonds. The maximum atomic E-state index is 12.9. The highest BCUT2D eigenvalue weighted by atomic mass is 35.5. The van der Waals surface area contributed by atoms with Gasteiger partial charge >= 0.3 is 6.18 Å². The highest BCUT2D eigenvalue weighted by molar-refractivity contribution is 7.91. The summed E-state index contributed by atoms with van der Waals surface area (Å²) in [6.07, 6.45) is -2.05. The molecule has 0 radical (unpaired) electrons. The van der Waals surface area contributed by atoms with Crippen molar-refractivity contribution in [1.82, 2.24) is 24.6 Å². The van der Waals surface area contributed by atoms with Gasteiger partial charge in [0.05, 0.1) is 16.3 Å². The third kappa shape index (κ3) is 4.10. The molecular formula is C19H13ClF3N5O2S. The molecule has 7 nitrogen and oxygen atoms in total. The van der Waals surface area contributed by atoms with E-state index >= 15 is 0 Å². The lowest BCUT2D eigenvalue weighted by Gasteiger charge is -2.11. The Hall–Kier alpha value is -3.05. The molecule has 0 saturated carbocycles. The minimum absolute atomic E-state index is 0.0126. The van der Waals surface area contributed by atoms with Gasteiger partial charge in [-0.2, -0.15) is 18.2 Å². The molecule has 0 bridgehead atoms. The molecule has 12 heteroatoms. The van der Waals surface area contributed by atoms with Crippen LogP contribution in [0.2, 0.25) is 5.02 Å². The summed E-state index contributed by atoms with van der Waals surface area (Å²) >= 11 is 5.91. The van der Waals surface area contributed by atoms with E-state index in [2.05, 4.69) is 20.1 Å². The smallest absolute Gasteiger partial charge is 0.253 e. The lowest BCUT2D eigenvalue weighted by atomic mass is 10.1. The third-order valence-corrected chi connectivity index (χ3v) is 6.44. The predicted octanol–water partition coefficient (Wildman–Crippen LogP) is 4.32. The average molecular weight is 468 g/mol. The van der Waals surface area contributed by atoms with Crippen LogP contribution < -0.4 is 0 Å². The monoisotopic (exact) mass is 467 g/mol. The maximum absolute atomic E-state index is 12.9. The van der Waals surface area contributed by atoms with Gasteiger partial charge in [-0.1, -0.05) is 30.7 Å². The third-order valence-electron chi connectivity index (χ3n) is 4.45. The SMILES string of the molecule is CCS(=O)(=O)c1cc(-c2ccc(Cl)cc2)cnc1-c1ccn2nc(C(F)(F)F)nc2n1. The number of nitrogens with zero attached hydrogens (tertiary/aromatic N) is 5. The number of aromatic nitrogens is 5. The molecule has 0 spiro atoms. The van der Waals surface area contributed by atoms with Gasteiger partial charge in [0.2, 0.25) is 0 Å². The minimum Gasteiger partial charge on any atom is -0.253 e. The van der Waals surface area contributed by atoms with E-state index in [9.17, 15) is 21.6 Å². The van der Waals surface area contributed by atoms with Crippen molar-refractivity contribution in [2.45, 2.75) is 18.0 Å². The van der Waals surface area contributed by atoms with Crippen LogP contribution in [0, 0.1) is 0 Å². The highest BCUT2D eigenvalue weighted by Gasteiger charge is 2.36. The molecule has 1 aromatic carbocycles. The molecule has 0 unspecified atom stereocenters. The topological polar surface area (TPSA) is 90.1 Å². The Labute approximate surface area is 179 Å². The summed E-state index contributed by atoms with van der Waals surface area (Å²) in [5, 5.41) is 3.86. The van der Waals surface area contributed by atoms with Crippen LogP contribution in [0.25, 0.3) is 28.3 Å². The van der Waals surface area contributed by atoms with Gasteiger partial charge in [-0.3, -0.25) is 4.98 Å². The van der Waals surface area contributed by atoms with E-state index in [1.54, 1.807) is 24.3 Å². The molecular weight excluding hydrogens is 455 g/mol. The number of hydrogen-bond donors (Lipinski definition) is 0. The second kappa shape index (κ2) is 7.57. The number of sulfone groups is 1. The number of pyridine rings is 1. The van der Waals surface area contributed by atoms with Crippen molar-refractivity contribution in [3.63, 3.8) is 0 Å². The summed E-state index contributed by atoms with van der Waals surface area (Å²) in [6, 6.07) is 9.57. The molecule has 3 aromatic heterocycles. The highest BCUT2D eigenvalue weighted by Crippen LogP contribution is 2.31. The first-order valence-electron chi connectivity index (χ1n) is 8.88. The number of alkyl halides is 3. The zero-order valence-corrected chi connectivity index (χ0v) is 17.4. The van der Waals surface area contributed by atoms with Crippen molar-refractivity contribution in [3.05, 3.63) is 59.6 Å². The van der Waals surface area contributed by atoms with Crippen LogP contribution in [-0.4, -0.2) is 38.7 Å². The molecule has 0 N–H and O–H groups in total. The van der Waals surface area contributed by atoms with Crippen molar-refractivity contribution in [2.24, 2.45) is 0 Å². The fourth-order valence-electron chi connectivity index (χ4n) is 2.86. The maximum Gasteiger partial charge on any atom is 0.453 e. The van der Waals surface area contributed by atoms with Crippen molar-refractivity contribution in [2.75, 3.05) is 5.75 Å². The molecule has 0 aliphatic carbocycles. The van der Waals surface area contributed by atoms with Gasteiger partial charge in [-0.05, 0) is 29.8 Å². The quantitative estimate of drug-likeness (QED) is 0.444. The fourth-order valence-corrected chi connectivity index (χ4v) is 4.05. The second-order valence-electron chi connectivity index (χ2n) is 6.47. The van der Waals surface area contributed by atoms with Crippen molar-refractivity contribution >= 4 is 27.2 Å². The summed E-state index contributed by atoms with van der Waals surface area (Å²) in [6.45, 7) is 1.48. The lowest BCUT2D eigenvalue weighted by molar-refractivity contribution is -0.144. The largest absolute Gasteiger partial charge is 0.453 e. The molecule has 31 heavy (non-hydrogen) atoms. The van der Waals surface area contributed by atoms with E-state index in [1.165, 1.54) is 31.5 Å². The second-order valence-corrected chi connectivity index (χ2v) is 9.15. The molecule has 0 aliphatic heterocycles. The van der Waals surface area contributed by atoms with Crippen LogP contribution in [0.4, 0.5) is 13.2 Å². The number of hydrogen-bond acceptors (Lipinski definition) is 6. The molecule has 4 rings (SSSR count). The molecule has 160 valence electrons. The Morgan fingerprint density at radius 2 is 1.77 bits per heavy atom. The molecule has 4 aromatic rings. The number of rotatable bonds is 4. The van der Waals surface area contributed by atoms with Crippen LogP contribution in [0.15, 0.2) is 53.7 Å². The van der Waals surface area contributed by atoms with Crippen LogP contribution >= 0.6 is 11.6 Å². The molecule has 0 saturated heterocycles. The molecule has 0 aliphatic rings. The Kier molecular flexibility index (Phi) is 5.18. The first kappa shape index (κ1) is 21.2. The number of halogens is 4. The number of benzene rings is 1. The average Bonchev–Trinajstić information content (AvgIpc) is 3.18. The van der Waals surface area contributed by atoms with Gasteiger partial charge in [0.25, 0.3) is 11.6 Å². The normalized spacial score (nSPS) is 12.4. The van der Waals surface area contributed by atoms with Crippen molar-refractivity contribution in [1.29, 1.82) is 0 Å². The fraction of sp³-hybridized carbons (Fsp3) is 0.158. The van der Waals surface area contributed by atoms with E-state index in [1.807, 2.05) is 0 Å². The van der Waals surface area contributed by atoms with Crippen LogP contribution in [0.5, 0.6) is 0 Å². The standard InChI is InChI=1S/C19H13ClF3N5O2S/c1-2-31(29,30)15-9-12(11-3-5-13(20)6-4-11)10-24-16(15)14-7-8-28-18(25-14)26-17(27-28)19(21,22)23/h3-10H,2H2,1H3. The molecule has 3 heterocycles. The Bertz CT molecular complexity index is 1390. The summed E-state index contributed by atoms with van der Waals surface area (Å²) in [4.78, 5) is 11.6. The van der Waals surface area contributed by atoms with Gasteiger partial charge in [-0.15, -0.1) is 5.10 Å². The van der Waals surface area contributed by atoms with Crippen LogP contribution in [0.1, 0.15) is 12.7 Å². The zero-order chi connectivity index (χ0) is 22.4. The van der Waals surface area contributed by atoms with E-state index < -0.39 is 21.8 Å². The molecule has 0 atom stereocenters. The Balaban J connectivity index is 1.88. The Morgan fingerprint density at radius 1 is 1.06 bits per heavy atom. The van der Waals surface area contributed by atoms with Crippen molar-refractivity contribution < 1.29 is 21.6 Å². The van der Waals surface area contributed by atoms with Gasteiger partial charge in [-0.25, -0.2) is 17.9 Å². The van der Waals surface area contributed by atoms with Gasteiger partial charge in [0.15, 0.2) is 9.84 Å². The summed E-state index contributed by atoms with van der Waals surface area (Å²) in [5.74, 6) is -1.87. The van der Waals surface area contributed by atoms with Gasteiger partial charge in [0.1, 0.15) is 5.69 Å². The van der Waals surface area contributed by atoms with E-state index in [0.29, 0.717) is 16.1 Å². The Morgan fingerprint density at radius 3 is 2.42 bits per heavy atom. The first-order valence-corrected chi connectivity index (χ1v) is 10.9. The van der Waals surface area contributed by atoms with E-state index in [0.717, 1.165) is 4.52 Å². The summed E-state index contributed by atoms with van der Waals surface area (Å²) in [7, 11) is -3.74. The van der Waals surface area contributed by atoms with Crippen LogP contribution in [0.3, 0.4) is 0 Å². The first-order chi connectivity index (χ1) is 14.6.